The molecule has 0 bridgehead atoms. The molecule has 4 aliphatic rings. The predicted octanol–water partition coefficient (Wildman–Crippen LogP) is 5.17. The number of fused-ring (bicyclic) bond motifs is 2. The number of hydrogen-bond acceptors (Lipinski definition) is 11. The first-order chi connectivity index (χ1) is 22.9. The quantitative estimate of drug-likeness (QED) is 0.419. The smallest absolute Gasteiger partial charge is 0.420 e. The summed E-state index contributed by atoms with van der Waals surface area (Å²) in [5, 5.41) is -0.492. The highest BCUT2D eigenvalue weighted by atomic mass is 32.2. The van der Waals surface area contributed by atoms with Crippen LogP contribution in [0.4, 0.5) is 26.9 Å². The Hall–Kier alpha value is -3.65. The number of amides is 2. The van der Waals surface area contributed by atoms with Gasteiger partial charge in [0.25, 0.3) is 0 Å². The Morgan fingerprint density at radius 3 is 2.12 bits per heavy atom. The van der Waals surface area contributed by atoms with Crippen LogP contribution in [-0.2, 0) is 25.9 Å². The molecule has 14 heteroatoms. The zero-order chi connectivity index (χ0) is 35.5. The third-order valence-corrected chi connectivity index (χ3v) is 11.2. The van der Waals surface area contributed by atoms with E-state index in [1.54, 1.807) is 4.90 Å². The van der Waals surface area contributed by atoms with E-state index in [0.29, 0.717) is 67.3 Å². The number of carbonyl (C=O) groups excluding carboxylic acids is 2. The molecular formula is C35H50N6O7S. The number of aromatic nitrogens is 2. The third-order valence-electron chi connectivity index (χ3n) is 9.65. The lowest BCUT2D eigenvalue weighted by Crippen LogP contribution is -2.62. The van der Waals surface area contributed by atoms with Gasteiger partial charge in [-0.2, -0.15) is 0 Å². The Morgan fingerprint density at radius 1 is 0.878 bits per heavy atom. The molecule has 0 N–H and O–H groups in total. The third kappa shape index (κ3) is 7.59. The molecule has 1 aromatic heterocycles. The van der Waals surface area contributed by atoms with Crippen molar-refractivity contribution in [1.29, 1.82) is 0 Å². The second-order valence-corrected chi connectivity index (χ2v) is 18.2. The number of carbonyl (C=O) groups is 2. The Kier molecular flexibility index (Phi) is 9.27. The van der Waals surface area contributed by atoms with Crippen molar-refractivity contribution in [2.75, 3.05) is 55.3 Å². The summed E-state index contributed by atoms with van der Waals surface area (Å²) in [4.78, 5) is 43.4. The molecule has 0 saturated carbocycles. The molecule has 4 aliphatic heterocycles. The molecule has 2 aromatic rings. The van der Waals surface area contributed by atoms with Crippen molar-refractivity contribution in [3.8, 4) is 5.75 Å². The van der Waals surface area contributed by atoms with Gasteiger partial charge in [-0.25, -0.2) is 32.9 Å². The average Bonchev–Trinajstić information content (AvgIpc) is 3.39. The summed E-state index contributed by atoms with van der Waals surface area (Å²) in [6.07, 6.45) is 4.23. The zero-order valence-electron chi connectivity index (χ0n) is 30.0. The number of ether oxygens (including phenoxy) is 3. The van der Waals surface area contributed by atoms with Gasteiger partial charge in [-0.05, 0) is 104 Å². The molecule has 2 amide bonds. The molecule has 1 atom stereocenters. The van der Waals surface area contributed by atoms with E-state index in [2.05, 4.69) is 20.9 Å². The molecule has 0 radical (unpaired) electrons. The maximum atomic E-state index is 14.1. The molecular weight excluding hydrogens is 648 g/mol. The standard InChI is InChI=1S/C35H50N6O7S/c1-22-15-24(23-9-12-38(13-10-23)25-17-40(18-25)32(42)47-34(2,3)4)16-28-29(22)46-20-27-30(39-14-11-26(19-39)49(8,44)45)36-21-37-31(27)41(28)33(43)48-35(5,6)7/h15-16,21,23,25-26H,9-14,17-20H2,1-8H3. The molecule has 0 aliphatic carbocycles. The Labute approximate surface area is 289 Å². The fraction of sp³-hybridized carbons (Fsp3) is 0.657. The van der Waals surface area contributed by atoms with Gasteiger partial charge in [0.15, 0.2) is 15.7 Å². The van der Waals surface area contributed by atoms with Crippen LogP contribution in [0.15, 0.2) is 18.5 Å². The largest absolute Gasteiger partial charge is 0.486 e. The topological polar surface area (TPSA) is 135 Å². The van der Waals surface area contributed by atoms with Gasteiger partial charge in [-0.3, -0.25) is 4.90 Å². The molecule has 5 heterocycles. The van der Waals surface area contributed by atoms with Gasteiger partial charge in [-0.1, -0.05) is 6.07 Å². The van der Waals surface area contributed by atoms with E-state index < -0.39 is 32.4 Å². The molecule has 1 aromatic carbocycles. The van der Waals surface area contributed by atoms with Crippen LogP contribution in [0.3, 0.4) is 0 Å². The summed E-state index contributed by atoms with van der Waals surface area (Å²) in [5.41, 5.74) is 1.91. The molecule has 49 heavy (non-hydrogen) atoms. The summed E-state index contributed by atoms with van der Waals surface area (Å²) < 4.78 is 42.6. The summed E-state index contributed by atoms with van der Waals surface area (Å²) in [6, 6.07) is 4.51. The van der Waals surface area contributed by atoms with Gasteiger partial charge in [0.2, 0.25) is 0 Å². The van der Waals surface area contributed by atoms with Crippen molar-refractivity contribution in [3.05, 3.63) is 35.2 Å². The first-order valence-electron chi connectivity index (χ1n) is 17.2. The van der Waals surface area contributed by atoms with Crippen LogP contribution in [0.5, 0.6) is 5.75 Å². The Morgan fingerprint density at radius 2 is 1.51 bits per heavy atom. The van der Waals surface area contributed by atoms with Gasteiger partial charge < -0.3 is 24.0 Å². The number of hydrogen-bond donors (Lipinski definition) is 0. The second kappa shape index (κ2) is 12.9. The van der Waals surface area contributed by atoms with E-state index in [-0.39, 0.29) is 18.6 Å². The van der Waals surface area contributed by atoms with Crippen molar-refractivity contribution in [2.24, 2.45) is 0 Å². The number of benzene rings is 1. The lowest BCUT2D eigenvalue weighted by molar-refractivity contribution is -0.0196. The van der Waals surface area contributed by atoms with Gasteiger partial charge in [0.05, 0.1) is 16.5 Å². The molecule has 3 saturated heterocycles. The van der Waals surface area contributed by atoms with Crippen molar-refractivity contribution in [1.82, 2.24) is 19.8 Å². The highest BCUT2D eigenvalue weighted by Gasteiger charge is 2.40. The van der Waals surface area contributed by atoms with E-state index in [1.807, 2.05) is 59.4 Å². The molecule has 3 fully saturated rings. The molecule has 13 nitrogen and oxygen atoms in total. The number of nitrogens with zero attached hydrogens (tertiary/aromatic N) is 6. The number of sulfone groups is 1. The number of piperidine rings is 1. The maximum absolute atomic E-state index is 14.1. The van der Waals surface area contributed by atoms with Crippen molar-refractivity contribution in [2.45, 2.75) is 103 Å². The van der Waals surface area contributed by atoms with E-state index in [9.17, 15) is 18.0 Å². The Balaban J connectivity index is 1.25. The fourth-order valence-electron chi connectivity index (χ4n) is 7.14. The number of rotatable bonds is 4. The van der Waals surface area contributed by atoms with Crippen molar-refractivity contribution in [3.63, 3.8) is 0 Å². The van der Waals surface area contributed by atoms with Crippen LogP contribution in [0.25, 0.3) is 0 Å². The molecule has 0 spiro atoms. The highest BCUT2D eigenvalue weighted by Crippen LogP contribution is 2.46. The fourth-order valence-corrected chi connectivity index (χ4v) is 8.13. The van der Waals surface area contributed by atoms with Gasteiger partial charge in [0, 0.05) is 38.5 Å². The zero-order valence-corrected chi connectivity index (χ0v) is 30.8. The second-order valence-electron chi connectivity index (χ2n) is 15.8. The lowest BCUT2D eigenvalue weighted by Gasteiger charge is -2.47. The first kappa shape index (κ1) is 35.2. The summed E-state index contributed by atoms with van der Waals surface area (Å²) in [5.74, 6) is 1.77. The van der Waals surface area contributed by atoms with Crippen LogP contribution in [0.2, 0.25) is 0 Å². The predicted molar refractivity (Wildman–Crippen MR) is 187 cm³/mol. The van der Waals surface area contributed by atoms with Crippen LogP contribution in [-0.4, -0.2) is 108 Å². The molecule has 1 unspecified atom stereocenters. The summed E-state index contributed by atoms with van der Waals surface area (Å²) in [7, 11) is -3.22. The van der Waals surface area contributed by atoms with Crippen molar-refractivity contribution < 1.29 is 32.2 Å². The minimum absolute atomic E-state index is 0.109. The van der Waals surface area contributed by atoms with Gasteiger partial charge >= 0.3 is 12.2 Å². The summed E-state index contributed by atoms with van der Waals surface area (Å²) >= 11 is 0. The van der Waals surface area contributed by atoms with E-state index in [1.165, 1.54) is 17.5 Å². The number of aryl methyl sites for hydroxylation is 1. The molecule has 6 rings (SSSR count). The number of likely N-dealkylation sites (tertiary alicyclic amines) is 2. The van der Waals surface area contributed by atoms with Crippen LogP contribution in [0.1, 0.15) is 83.4 Å². The average molecular weight is 699 g/mol. The van der Waals surface area contributed by atoms with E-state index in [4.69, 9.17) is 14.2 Å². The SMILES string of the molecule is Cc1cc(C2CCN(C3CN(C(=O)OC(C)(C)C)C3)CC2)cc2c1OCc1c(N3CCC(S(C)(=O)=O)C3)ncnc1N2C(=O)OC(C)(C)C. The van der Waals surface area contributed by atoms with Gasteiger partial charge in [-0.15, -0.1) is 0 Å². The van der Waals surface area contributed by atoms with Crippen molar-refractivity contribution >= 4 is 39.3 Å². The van der Waals surface area contributed by atoms with Gasteiger partial charge in [0.1, 0.15) is 35.7 Å². The number of anilines is 3. The van der Waals surface area contributed by atoms with Crippen LogP contribution >= 0.6 is 0 Å². The first-order valence-corrected chi connectivity index (χ1v) is 19.1. The monoisotopic (exact) mass is 698 g/mol. The molecule has 268 valence electrons. The summed E-state index contributed by atoms with van der Waals surface area (Å²) in [6.45, 7) is 17.2. The van der Waals surface area contributed by atoms with Crippen LogP contribution in [0, 0.1) is 6.92 Å². The lowest BCUT2D eigenvalue weighted by atomic mass is 9.87. The van der Waals surface area contributed by atoms with E-state index in [0.717, 1.165) is 37.1 Å². The van der Waals surface area contributed by atoms with E-state index >= 15 is 0 Å². The normalized spacial score (nSPS) is 21.0. The minimum atomic E-state index is -3.22. The maximum Gasteiger partial charge on any atom is 0.420 e. The Bertz CT molecular complexity index is 1710. The minimum Gasteiger partial charge on any atom is -0.486 e. The highest BCUT2D eigenvalue weighted by molar-refractivity contribution is 7.91. The van der Waals surface area contributed by atoms with Crippen LogP contribution < -0.4 is 14.5 Å².